The fourth-order valence-electron chi connectivity index (χ4n) is 1.91. The summed E-state index contributed by atoms with van der Waals surface area (Å²) in [4.78, 5) is 22.6. The van der Waals surface area contributed by atoms with E-state index in [0.29, 0.717) is 22.9 Å². The first kappa shape index (κ1) is 18.2. The molecule has 2 aromatic rings. The molecule has 130 valence electrons. The Hall–Kier alpha value is -3.13. The van der Waals surface area contributed by atoms with Gasteiger partial charge >= 0.3 is 6.09 Å². The molecule has 0 fully saturated rings. The summed E-state index contributed by atoms with van der Waals surface area (Å²) in [5.41, 5.74) is 0.951. The number of thiocarbonyl (C=S) groups is 1. The first-order chi connectivity index (χ1) is 12.0. The van der Waals surface area contributed by atoms with Crippen molar-refractivity contribution >= 4 is 40.7 Å². The van der Waals surface area contributed by atoms with Crippen molar-refractivity contribution in [2.24, 2.45) is 0 Å². The molecule has 3 N–H and O–H groups in total. The van der Waals surface area contributed by atoms with E-state index < -0.39 is 6.09 Å². The van der Waals surface area contributed by atoms with Gasteiger partial charge in [0.1, 0.15) is 11.5 Å². The van der Waals surface area contributed by atoms with Crippen molar-refractivity contribution in [1.29, 1.82) is 0 Å². The molecule has 0 bridgehead atoms. The van der Waals surface area contributed by atoms with Crippen LogP contribution in [0.1, 0.15) is 6.92 Å². The van der Waals surface area contributed by atoms with E-state index in [4.69, 9.17) is 17.0 Å². The number of amides is 2. The minimum absolute atomic E-state index is 0.0234. The Morgan fingerprint density at radius 1 is 0.960 bits per heavy atom. The maximum Gasteiger partial charge on any atom is 0.413 e. The third kappa shape index (κ3) is 5.78. The van der Waals surface area contributed by atoms with Crippen LogP contribution in [0.2, 0.25) is 0 Å². The summed E-state index contributed by atoms with van der Waals surface area (Å²) >= 11 is 5.05. The van der Waals surface area contributed by atoms with Crippen LogP contribution in [0.3, 0.4) is 0 Å². The van der Waals surface area contributed by atoms with Crippen LogP contribution in [0.4, 0.5) is 16.2 Å². The van der Waals surface area contributed by atoms with Crippen LogP contribution in [-0.4, -0.2) is 24.2 Å². The van der Waals surface area contributed by atoms with E-state index in [1.807, 2.05) is 30.3 Å². The van der Waals surface area contributed by atoms with Gasteiger partial charge in [-0.3, -0.25) is 10.1 Å². The topological polar surface area (TPSA) is 88.7 Å². The summed E-state index contributed by atoms with van der Waals surface area (Å²) in [7, 11) is 1.23. The SMILES string of the molecule is COC(=O)NC(=S)Nc1cc(Oc2ccccc2)ccc1NC(C)=O. The second-order valence-electron chi connectivity index (χ2n) is 4.87. The number of nitrogens with one attached hydrogen (secondary N) is 3. The van der Waals surface area contributed by atoms with Gasteiger partial charge in [-0.15, -0.1) is 0 Å². The molecule has 2 amide bonds. The molecule has 0 aliphatic rings. The number of hydrogen-bond acceptors (Lipinski definition) is 5. The Bertz CT molecular complexity index is 781. The standard InChI is InChI=1S/C17H17N3O4S/c1-11(21)18-14-9-8-13(24-12-6-4-3-5-7-12)10-15(14)19-16(25)20-17(22)23-2/h3-10H,1-2H3,(H,18,21)(H2,19,20,22,25). The number of para-hydroxylation sites is 1. The number of alkyl carbamates (subject to hydrolysis) is 1. The van der Waals surface area contributed by atoms with Crippen LogP contribution in [0.5, 0.6) is 11.5 Å². The van der Waals surface area contributed by atoms with Gasteiger partial charge in [0.25, 0.3) is 0 Å². The molecule has 0 aromatic heterocycles. The quantitative estimate of drug-likeness (QED) is 0.724. The summed E-state index contributed by atoms with van der Waals surface area (Å²) in [6, 6.07) is 14.3. The molecule has 0 atom stereocenters. The number of hydrogen-bond donors (Lipinski definition) is 3. The third-order valence-corrected chi connectivity index (χ3v) is 3.13. The number of carbonyl (C=O) groups is 2. The highest BCUT2D eigenvalue weighted by molar-refractivity contribution is 7.80. The van der Waals surface area contributed by atoms with Crippen molar-refractivity contribution in [3.63, 3.8) is 0 Å². The number of benzene rings is 2. The molecule has 0 saturated heterocycles. The number of ether oxygens (including phenoxy) is 2. The third-order valence-electron chi connectivity index (χ3n) is 2.93. The second kappa shape index (κ2) is 8.65. The molecule has 2 aromatic carbocycles. The zero-order valence-corrected chi connectivity index (χ0v) is 14.5. The largest absolute Gasteiger partial charge is 0.457 e. The fourth-order valence-corrected chi connectivity index (χ4v) is 2.10. The van der Waals surface area contributed by atoms with Crippen molar-refractivity contribution in [2.45, 2.75) is 6.92 Å². The van der Waals surface area contributed by atoms with Crippen LogP contribution in [0.25, 0.3) is 0 Å². The van der Waals surface area contributed by atoms with Crippen molar-refractivity contribution in [1.82, 2.24) is 5.32 Å². The number of methoxy groups -OCH3 is 1. The van der Waals surface area contributed by atoms with Gasteiger partial charge in [0.2, 0.25) is 5.91 Å². The smallest absolute Gasteiger partial charge is 0.413 e. The Labute approximate surface area is 150 Å². The van der Waals surface area contributed by atoms with Crippen molar-refractivity contribution in [3.8, 4) is 11.5 Å². The lowest BCUT2D eigenvalue weighted by Crippen LogP contribution is -2.34. The first-order valence-corrected chi connectivity index (χ1v) is 7.69. The zero-order valence-electron chi connectivity index (χ0n) is 13.7. The highest BCUT2D eigenvalue weighted by Crippen LogP contribution is 2.30. The lowest BCUT2D eigenvalue weighted by atomic mass is 10.2. The summed E-state index contributed by atoms with van der Waals surface area (Å²) in [6.07, 6.45) is -0.699. The van der Waals surface area contributed by atoms with E-state index in [1.165, 1.54) is 14.0 Å². The molecule has 0 heterocycles. The van der Waals surface area contributed by atoms with Crippen molar-refractivity contribution < 1.29 is 19.1 Å². The van der Waals surface area contributed by atoms with E-state index >= 15 is 0 Å². The Balaban J connectivity index is 2.22. The highest BCUT2D eigenvalue weighted by atomic mass is 32.1. The Morgan fingerprint density at radius 2 is 1.68 bits per heavy atom. The van der Waals surface area contributed by atoms with Gasteiger partial charge in [0.05, 0.1) is 18.5 Å². The predicted octanol–water partition coefficient (Wildman–Crippen LogP) is 3.49. The second-order valence-corrected chi connectivity index (χ2v) is 5.28. The van der Waals surface area contributed by atoms with Crippen LogP contribution in [0, 0.1) is 0 Å². The number of rotatable bonds is 4. The molecule has 25 heavy (non-hydrogen) atoms. The molecule has 0 saturated carbocycles. The van der Waals surface area contributed by atoms with Crippen LogP contribution >= 0.6 is 12.2 Å². The first-order valence-electron chi connectivity index (χ1n) is 7.28. The van der Waals surface area contributed by atoms with Crippen LogP contribution in [-0.2, 0) is 9.53 Å². The molecule has 7 nitrogen and oxygen atoms in total. The summed E-state index contributed by atoms with van der Waals surface area (Å²) in [6.45, 7) is 1.39. The normalized spacial score (nSPS) is 9.68. The van der Waals surface area contributed by atoms with E-state index in [2.05, 4.69) is 20.7 Å². The van der Waals surface area contributed by atoms with Gasteiger partial charge in [0.15, 0.2) is 5.11 Å². The van der Waals surface area contributed by atoms with E-state index in [1.54, 1.807) is 18.2 Å². The summed E-state index contributed by atoms with van der Waals surface area (Å²) in [5, 5.41) is 7.87. The van der Waals surface area contributed by atoms with Gasteiger partial charge in [-0.2, -0.15) is 0 Å². The van der Waals surface area contributed by atoms with Gasteiger partial charge in [-0.05, 0) is 36.5 Å². The molecular formula is C17H17N3O4S. The fraction of sp³-hybridized carbons (Fsp3) is 0.118. The molecule has 0 unspecified atom stereocenters. The van der Waals surface area contributed by atoms with Gasteiger partial charge in [-0.25, -0.2) is 4.79 Å². The number of carbonyl (C=O) groups excluding carboxylic acids is 2. The molecule has 0 radical (unpaired) electrons. The summed E-state index contributed by atoms with van der Waals surface area (Å²) < 4.78 is 10.2. The highest BCUT2D eigenvalue weighted by Gasteiger charge is 2.10. The molecule has 2 rings (SSSR count). The van der Waals surface area contributed by atoms with Gasteiger partial charge in [0, 0.05) is 13.0 Å². The lowest BCUT2D eigenvalue weighted by molar-refractivity contribution is -0.114. The monoisotopic (exact) mass is 359 g/mol. The molecular weight excluding hydrogens is 342 g/mol. The van der Waals surface area contributed by atoms with E-state index in [0.717, 1.165) is 0 Å². The van der Waals surface area contributed by atoms with Crippen molar-refractivity contribution in [3.05, 3.63) is 48.5 Å². The van der Waals surface area contributed by atoms with E-state index in [-0.39, 0.29) is 11.0 Å². The molecule has 0 spiro atoms. The van der Waals surface area contributed by atoms with Crippen LogP contribution in [0.15, 0.2) is 48.5 Å². The predicted molar refractivity (Wildman–Crippen MR) is 99.0 cm³/mol. The Morgan fingerprint density at radius 3 is 2.32 bits per heavy atom. The average Bonchev–Trinajstić information content (AvgIpc) is 2.57. The average molecular weight is 359 g/mol. The van der Waals surface area contributed by atoms with Gasteiger partial charge in [-0.1, -0.05) is 18.2 Å². The maximum absolute atomic E-state index is 11.4. The van der Waals surface area contributed by atoms with Crippen LogP contribution < -0.4 is 20.7 Å². The minimum atomic E-state index is -0.699. The number of anilines is 2. The van der Waals surface area contributed by atoms with Crippen molar-refractivity contribution in [2.75, 3.05) is 17.7 Å². The summed E-state index contributed by atoms with van der Waals surface area (Å²) in [5.74, 6) is 0.950. The zero-order chi connectivity index (χ0) is 18.2. The Kier molecular flexibility index (Phi) is 6.30. The molecule has 0 aliphatic carbocycles. The molecule has 0 aliphatic heterocycles. The minimum Gasteiger partial charge on any atom is -0.457 e. The maximum atomic E-state index is 11.4. The van der Waals surface area contributed by atoms with Gasteiger partial charge < -0.3 is 20.1 Å². The molecule has 8 heteroatoms. The lowest BCUT2D eigenvalue weighted by Gasteiger charge is -2.15. The van der Waals surface area contributed by atoms with E-state index in [9.17, 15) is 9.59 Å².